The van der Waals surface area contributed by atoms with Crippen molar-refractivity contribution >= 4 is 23.3 Å². The van der Waals surface area contributed by atoms with Crippen LogP contribution < -0.4 is 0 Å². The Hall–Kier alpha value is -2.43. The summed E-state index contributed by atoms with van der Waals surface area (Å²) in [4.78, 5) is 36.7. The highest BCUT2D eigenvalue weighted by Crippen LogP contribution is 2.35. The maximum absolute atomic E-state index is 12.4. The molecular weight excluding hydrogens is 332 g/mol. The zero-order chi connectivity index (χ0) is 19.5. The summed E-state index contributed by atoms with van der Waals surface area (Å²) >= 11 is 0. The lowest BCUT2D eigenvalue weighted by Crippen LogP contribution is -2.30. The first-order chi connectivity index (χ1) is 12.2. The number of carbonyl (C=O) groups excluding carboxylic acids is 3. The number of hydrogen-bond acceptors (Lipinski definition) is 5. The Morgan fingerprint density at radius 2 is 1.77 bits per heavy atom. The molecule has 1 unspecified atom stereocenters. The molecule has 1 atom stereocenters. The highest BCUT2D eigenvalue weighted by molar-refractivity contribution is 6.52. The van der Waals surface area contributed by atoms with Gasteiger partial charge in [-0.15, -0.1) is 0 Å². The van der Waals surface area contributed by atoms with E-state index in [-0.39, 0.29) is 41.8 Å². The molecule has 1 aromatic rings. The number of ketones is 2. The normalized spacial score (nSPS) is 15.7. The van der Waals surface area contributed by atoms with Gasteiger partial charge in [-0.3, -0.25) is 14.4 Å². The van der Waals surface area contributed by atoms with Crippen LogP contribution in [0.4, 0.5) is 0 Å². The van der Waals surface area contributed by atoms with Gasteiger partial charge in [0.25, 0.3) is 0 Å². The average Bonchev–Trinajstić information content (AvgIpc) is 2.61. The van der Waals surface area contributed by atoms with Crippen LogP contribution in [0.1, 0.15) is 62.9 Å². The van der Waals surface area contributed by atoms with Gasteiger partial charge in [0.05, 0.1) is 12.5 Å². The number of carbonyl (C=O) groups is 3. The van der Waals surface area contributed by atoms with E-state index in [1.807, 2.05) is 27.7 Å². The molecule has 1 N–H and O–H groups in total. The maximum Gasteiger partial charge on any atom is 0.308 e. The van der Waals surface area contributed by atoms with Crippen molar-refractivity contribution in [3.63, 3.8) is 0 Å². The molecule has 0 radical (unpaired) electrons. The molecule has 0 fully saturated rings. The summed E-state index contributed by atoms with van der Waals surface area (Å²) in [7, 11) is 0. The summed E-state index contributed by atoms with van der Waals surface area (Å²) in [5.74, 6) is -1.91. The first kappa shape index (κ1) is 19.9. The van der Waals surface area contributed by atoms with Crippen LogP contribution in [0.3, 0.4) is 0 Å². The molecule has 1 aromatic carbocycles. The molecule has 0 spiro atoms. The molecule has 0 aromatic heterocycles. The minimum Gasteiger partial charge on any atom is -0.507 e. The lowest BCUT2D eigenvalue weighted by atomic mass is 9.79. The Kier molecular flexibility index (Phi) is 6.01. The number of rotatable bonds is 7. The Balaban J connectivity index is 2.17. The van der Waals surface area contributed by atoms with Crippen LogP contribution in [-0.4, -0.2) is 29.2 Å². The third-order valence-corrected chi connectivity index (χ3v) is 4.58. The predicted molar refractivity (Wildman–Crippen MR) is 98.8 cm³/mol. The summed E-state index contributed by atoms with van der Waals surface area (Å²) < 4.78 is 5.39. The molecular formula is C21H26O5. The van der Waals surface area contributed by atoms with Gasteiger partial charge in [-0.25, -0.2) is 0 Å². The molecule has 0 saturated carbocycles. The van der Waals surface area contributed by atoms with Crippen molar-refractivity contribution in [1.29, 1.82) is 0 Å². The van der Waals surface area contributed by atoms with Crippen LogP contribution in [0.25, 0.3) is 5.76 Å². The largest absolute Gasteiger partial charge is 0.507 e. The fourth-order valence-corrected chi connectivity index (χ4v) is 3.07. The SMILES string of the molecule is CCCC(C)C(=O)OCC(C)(C)CC1=C(O)c2ccccc2C(=O)C1=O. The maximum atomic E-state index is 12.4. The van der Waals surface area contributed by atoms with E-state index in [1.165, 1.54) is 6.07 Å². The molecule has 5 heteroatoms. The van der Waals surface area contributed by atoms with Gasteiger partial charge < -0.3 is 9.84 Å². The van der Waals surface area contributed by atoms with Crippen molar-refractivity contribution < 1.29 is 24.2 Å². The monoisotopic (exact) mass is 358 g/mol. The summed E-state index contributed by atoms with van der Waals surface area (Å²) in [6.07, 6.45) is 1.80. The van der Waals surface area contributed by atoms with Crippen molar-refractivity contribution in [2.24, 2.45) is 11.3 Å². The number of benzene rings is 1. The van der Waals surface area contributed by atoms with Crippen molar-refractivity contribution in [1.82, 2.24) is 0 Å². The second-order valence-corrected chi connectivity index (χ2v) is 7.67. The van der Waals surface area contributed by atoms with E-state index >= 15 is 0 Å². The first-order valence-electron chi connectivity index (χ1n) is 8.95. The van der Waals surface area contributed by atoms with E-state index in [2.05, 4.69) is 0 Å². The van der Waals surface area contributed by atoms with E-state index in [9.17, 15) is 19.5 Å². The van der Waals surface area contributed by atoms with Crippen LogP contribution in [0.2, 0.25) is 0 Å². The molecule has 0 bridgehead atoms. The first-order valence-corrected chi connectivity index (χ1v) is 8.95. The van der Waals surface area contributed by atoms with Gasteiger partial charge in [0, 0.05) is 22.1 Å². The van der Waals surface area contributed by atoms with Gasteiger partial charge in [0.1, 0.15) is 5.76 Å². The van der Waals surface area contributed by atoms with Gasteiger partial charge in [0.2, 0.25) is 11.6 Å². The predicted octanol–water partition coefficient (Wildman–Crippen LogP) is 4.12. The zero-order valence-corrected chi connectivity index (χ0v) is 15.8. The molecule has 0 heterocycles. The second-order valence-electron chi connectivity index (χ2n) is 7.67. The van der Waals surface area contributed by atoms with Gasteiger partial charge in [-0.1, -0.05) is 58.4 Å². The number of allylic oxidation sites excluding steroid dienone is 1. The summed E-state index contributed by atoms with van der Waals surface area (Å²) in [6.45, 7) is 7.62. The number of fused-ring (bicyclic) bond motifs is 1. The van der Waals surface area contributed by atoms with E-state index in [4.69, 9.17) is 4.74 Å². The number of Topliss-reactive ketones (excluding diaryl/α,β-unsaturated/α-hetero) is 2. The van der Waals surface area contributed by atoms with Gasteiger partial charge in [0.15, 0.2) is 0 Å². The summed E-state index contributed by atoms with van der Waals surface area (Å²) in [6, 6.07) is 6.51. The van der Waals surface area contributed by atoms with Gasteiger partial charge >= 0.3 is 5.97 Å². The molecule has 2 rings (SSSR count). The average molecular weight is 358 g/mol. The number of aliphatic hydroxyl groups excluding tert-OH is 1. The lowest BCUT2D eigenvalue weighted by molar-refractivity contribution is -0.151. The molecule has 0 amide bonds. The third-order valence-electron chi connectivity index (χ3n) is 4.58. The highest BCUT2D eigenvalue weighted by atomic mass is 16.5. The van der Waals surface area contributed by atoms with Crippen molar-refractivity contribution in [2.45, 2.75) is 47.0 Å². The van der Waals surface area contributed by atoms with E-state index in [1.54, 1.807) is 18.2 Å². The fourth-order valence-electron chi connectivity index (χ4n) is 3.07. The number of ether oxygens (including phenoxy) is 1. The van der Waals surface area contributed by atoms with Crippen molar-refractivity contribution in [3.05, 3.63) is 41.0 Å². The Morgan fingerprint density at radius 1 is 1.15 bits per heavy atom. The van der Waals surface area contributed by atoms with Crippen LogP contribution in [0.15, 0.2) is 29.8 Å². The van der Waals surface area contributed by atoms with Crippen molar-refractivity contribution in [3.8, 4) is 0 Å². The van der Waals surface area contributed by atoms with Crippen LogP contribution in [-0.2, 0) is 14.3 Å². The zero-order valence-electron chi connectivity index (χ0n) is 15.8. The Morgan fingerprint density at radius 3 is 2.38 bits per heavy atom. The number of esters is 1. The quantitative estimate of drug-likeness (QED) is 0.586. The summed E-state index contributed by atoms with van der Waals surface area (Å²) in [5, 5.41) is 10.5. The minimum atomic E-state index is -0.694. The van der Waals surface area contributed by atoms with E-state index in [0.717, 1.165) is 12.8 Å². The Bertz CT molecular complexity index is 757. The van der Waals surface area contributed by atoms with Crippen LogP contribution in [0, 0.1) is 11.3 Å². The number of aliphatic hydroxyl groups is 1. The van der Waals surface area contributed by atoms with Crippen LogP contribution in [0.5, 0.6) is 0 Å². The number of hydrogen-bond donors (Lipinski definition) is 1. The minimum absolute atomic E-state index is 0.0800. The Labute approximate surface area is 154 Å². The second kappa shape index (κ2) is 7.85. The van der Waals surface area contributed by atoms with E-state index in [0.29, 0.717) is 5.56 Å². The summed E-state index contributed by atoms with van der Waals surface area (Å²) in [5.41, 5.74) is 0.0804. The molecule has 140 valence electrons. The van der Waals surface area contributed by atoms with Crippen molar-refractivity contribution in [2.75, 3.05) is 6.61 Å². The molecule has 0 saturated heterocycles. The molecule has 5 nitrogen and oxygen atoms in total. The third kappa shape index (κ3) is 4.21. The molecule has 1 aliphatic carbocycles. The molecule has 1 aliphatic rings. The fraction of sp³-hybridized carbons (Fsp3) is 0.476. The smallest absolute Gasteiger partial charge is 0.308 e. The highest BCUT2D eigenvalue weighted by Gasteiger charge is 2.36. The topological polar surface area (TPSA) is 80.7 Å². The van der Waals surface area contributed by atoms with Gasteiger partial charge in [-0.05, 0) is 12.8 Å². The standard InChI is InChI=1S/C21H26O5/c1-5-8-13(2)20(25)26-12-21(3,4)11-16-17(22)14-9-6-7-10-15(14)18(23)19(16)24/h6-7,9-10,13,22H,5,8,11-12H2,1-4H3. The molecule has 0 aliphatic heterocycles. The molecule has 26 heavy (non-hydrogen) atoms. The van der Waals surface area contributed by atoms with Crippen LogP contribution >= 0.6 is 0 Å². The van der Waals surface area contributed by atoms with Gasteiger partial charge in [-0.2, -0.15) is 0 Å². The van der Waals surface area contributed by atoms with E-state index < -0.39 is 17.0 Å². The lowest BCUT2D eigenvalue weighted by Gasteiger charge is -2.27.